The number of nitrogens with one attached hydrogen (secondary N) is 3. The predicted molar refractivity (Wildman–Crippen MR) is 261 cm³/mol. The molecule has 4 aliphatic heterocycles. The molecule has 4 aliphatic rings. The highest BCUT2D eigenvalue weighted by Gasteiger charge is 2.35. The van der Waals surface area contributed by atoms with E-state index in [1.807, 2.05) is 26.4 Å². The van der Waals surface area contributed by atoms with E-state index in [1.54, 1.807) is 6.20 Å². The monoisotopic (exact) mass is 859 g/mol. The van der Waals surface area contributed by atoms with Gasteiger partial charge < -0.3 is 30.7 Å². The number of aromatic nitrogens is 5. The molecule has 3 N–H and O–H groups in total. The molecule has 0 spiro atoms. The molecular formula is C49H67ClN12. The normalized spacial score (nSPS) is 21.1. The van der Waals surface area contributed by atoms with Crippen LogP contribution in [0.2, 0.25) is 5.02 Å². The Morgan fingerprint density at radius 1 is 1.00 bits per heavy atom. The minimum absolute atomic E-state index is 0.181. The molecule has 3 atom stereocenters. The molecule has 8 rings (SSSR count). The third-order valence-corrected chi connectivity index (χ3v) is 13.0. The Hall–Kier alpha value is -5.17. The van der Waals surface area contributed by atoms with Crippen LogP contribution in [0.15, 0.2) is 91.7 Å². The number of allylic oxidation sites excluding steroid dienone is 4. The average molecular weight is 860 g/mol. The molecule has 7 heterocycles. The van der Waals surface area contributed by atoms with Crippen molar-refractivity contribution in [1.82, 2.24) is 40.3 Å². The summed E-state index contributed by atoms with van der Waals surface area (Å²) < 4.78 is 2.08. The lowest BCUT2D eigenvalue weighted by Gasteiger charge is -2.47. The Labute approximate surface area is 374 Å². The number of piperazine rings is 1. The second kappa shape index (κ2) is 19.5. The van der Waals surface area contributed by atoms with Gasteiger partial charge >= 0.3 is 0 Å². The number of hydrogen-bond donors (Lipinski definition) is 3. The topological polar surface area (TPSA) is 106 Å². The number of anilines is 5. The molecule has 2 unspecified atom stereocenters. The van der Waals surface area contributed by atoms with Crippen LogP contribution >= 0.6 is 11.6 Å². The SMILES string of the molecule is C=CCCC1=Cc2cc(Nc3nc(N4CCC(CN5C(C)CN(c6cccc7c(C8CCC(=C)NC8=C)nn(C)c67)C[C@@H]5C)CC4)ncc3Cl)cnc2N(C(C)C)C1=C.CNC. The number of aryl methyl sites for hydroxylation is 1. The maximum absolute atomic E-state index is 6.69. The first-order chi connectivity index (χ1) is 29.8. The highest BCUT2D eigenvalue weighted by Crippen LogP contribution is 2.40. The Kier molecular flexibility index (Phi) is 14.1. The van der Waals surface area contributed by atoms with Crippen molar-refractivity contribution in [3.8, 4) is 0 Å². The number of nitrogens with zero attached hydrogens (tertiary/aromatic N) is 9. The maximum Gasteiger partial charge on any atom is 0.227 e. The van der Waals surface area contributed by atoms with Gasteiger partial charge in [0.15, 0.2) is 5.82 Å². The van der Waals surface area contributed by atoms with Crippen LogP contribution in [-0.2, 0) is 7.05 Å². The maximum atomic E-state index is 6.69. The summed E-state index contributed by atoms with van der Waals surface area (Å²) in [5.74, 6) is 2.98. The van der Waals surface area contributed by atoms with Crippen LogP contribution in [0.5, 0.6) is 0 Å². The van der Waals surface area contributed by atoms with E-state index in [2.05, 4.69) is 137 Å². The van der Waals surface area contributed by atoms with Crippen LogP contribution in [0.3, 0.4) is 0 Å². The highest BCUT2D eigenvalue weighted by atomic mass is 35.5. The van der Waals surface area contributed by atoms with Crippen molar-refractivity contribution in [2.24, 2.45) is 13.0 Å². The first-order valence-electron chi connectivity index (χ1n) is 22.3. The fraction of sp³-hybridized carbons (Fsp3) is 0.469. The van der Waals surface area contributed by atoms with Gasteiger partial charge in [0.1, 0.15) is 10.8 Å². The molecular weight excluding hydrogens is 792 g/mol. The number of piperidine rings is 2. The molecule has 330 valence electrons. The van der Waals surface area contributed by atoms with Crippen molar-refractivity contribution in [3.05, 3.63) is 108 Å². The number of pyridine rings is 1. The van der Waals surface area contributed by atoms with Crippen LogP contribution in [0, 0.1) is 5.92 Å². The lowest BCUT2D eigenvalue weighted by molar-refractivity contribution is 0.102. The third-order valence-electron chi connectivity index (χ3n) is 12.7. The van der Waals surface area contributed by atoms with Crippen LogP contribution in [0.4, 0.5) is 29.0 Å². The van der Waals surface area contributed by atoms with Gasteiger partial charge in [-0.15, -0.1) is 6.58 Å². The largest absolute Gasteiger partial charge is 0.367 e. The molecule has 3 saturated heterocycles. The molecule has 0 aliphatic carbocycles. The fourth-order valence-electron chi connectivity index (χ4n) is 9.72. The van der Waals surface area contributed by atoms with E-state index in [4.69, 9.17) is 26.7 Å². The highest BCUT2D eigenvalue weighted by molar-refractivity contribution is 6.32. The van der Waals surface area contributed by atoms with Crippen LogP contribution in [0.1, 0.15) is 83.4 Å². The zero-order valence-corrected chi connectivity index (χ0v) is 38.8. The van der Waals surface area contributed by atoms with Gasteiger partial charge in [-0.25, -0.2) is 9.97 Å². The van der Waals surface area contributed by atoms with E-state index < -0.39 is 0 Å². The van der Waals surface area contributed by atoms with Crippen LogP contribution in [0.25, 0.3) is 17.0 Å². The Morgan fingerprint density at radius 2 is 1.73 bits per heavy atom. The summed E-state index contributed by atoms with van der Waals surface area (Å²) in [5, 5.41) is 16.4. The molecule has 12 nitrogen and oxygen atoms in total. The van der Waals surface area contributed by atoms with Gasteiger partial charge in [-0.2, -0.15) is 10.1 Å². The molecule has 1 aromatic carbocycles. The summed E-state index contributed by atoms with van der Waals surface area (Å²) in [7, 11) is 5.83. The molecule has 4 aromatic rings. The zero-order chi connectivity index (χ0) is 44.2. The van der Waals surface area contributed by atoms with E-state index >= 15 is 0 Å². The summed E-state index contributed by atoms with van der Waals surface area (Å²) in [6.07, 6.45) is 13.6. The number of para-hydroxylation sites is 1. The molecule has 0 saturated carbocycles. The number of hydrogen-bond acceptors (Lipinski definition) is 11. The smallest absolute Gasteiger partial charge is 0.227 e. The van der Waals surface area contributed by atoms with Crippen molar-refractivity contribution in [3.63, 3.8) is 0 Å². The van der Waals surface area contributed by atoms with Gasteiger partial charge in [0, 0.05) is 91.9 Å². The molecule has 0 bridgehead atoms. The lowest BCUT2D eigenvalue weighted by Crippen LogP contribution is -2.58. The van der Waals surface area contributed by atoms with E-state index in [0.717, 1.165) is 111 Å². The van der Waals surface area contributed by atoms with E-state index in [0.29, 0.717) is 34.8 Å². The van der Waals surface area contributed by atoms with Gasteiger partial charge in [0.05, 0.1) is 35.0 Å². The van der Waals surface area contributed by atoms with E-state index in [9.17, 15) is 0 Å². The lowest BCUT2D eigenvalue weighted by atomic mass is 9.90. The Morgan fingerprint density at radius 3 is 2.40 bits per heavy atom. The number of rotatable bonds is 11. The molecule has 13 heteroatoms. The summed E-state index contributed by atoms with van der Waals surface area (Å²) in [4.78, 5) is 24.3. The molecule has 62 heavy (non-hydrogen) atoms. The number of benzene rings is 1. The average Bonchev–Trinajstić information content (AvgIpc) is 3.58. The Balaban J connectivity index is 0.00000187. The van der Waals surface area contributed by atoms with Crippen LogP contribution < -0.4 is 30.7 Å². The van der Waals surface area contributed by atoms with E-state index in [-0.39, 0.29) is 12.0 Å². The van der Waals surface area contributed by atoms with Gasteiger partial charge in [-0.1, -0.05) is 49.5 Å². The van der Waals surface area contributed by atoms with Crippen LogP contribution in [-0.4, -0.2) is 94.6 Å². The predicted octanol–water partition coefficient (Wildman–Crippen LogP) is 9.39. The van der Waals surface area contributed by atoms with Gasteiger partial charge in [0.2, 0.25) is 5.95 Å². The van der Waals surface area contributed by atoms with E-state index in [1.165, 1.54) is 22.2 Å². The van der Waals surface area contributed by atoms with Gasteiger partial charge in [-0.05, 0) is 110 Å². The summed E-state index contributed by atoms with van der Waals surface area (Å²) in [6.45, 7) is 30.7. The first kappa shape index (κ1) is 44.9. The third kappa shape index (κ3) is 9.43. The molecule has 0 radical (unpaired) electrons. The summed E-state index contributed by atoms with van der Waals surface area (Å²) in [5.41, 5.74) is 9.67. The van der Waals surface area contributed by atoms with Crippen molar-refractivity contribution in [2.75, 3.05) is 66.8 Å². The Bertz CT molecular complexity index is 2310. The second-order valence-electron chi connectivity index (χ2n) is 17.8. The summed E-state index contributed by atoms with van der Waals surface area (Å²) in [6, 6.07) is 9.87. The minimum Gasteiger partial charge on any atom is -0.367 e. The molecule has 3 aromatic heterocycles. The van der Waals surface area contributed by atoms with Gasteiger partial charge in [0.25, 0.3) is 0 Å². The summed E-state index contributed by atoms with van der Waals surface area (Å²) >= 11 is 6.69. The molecule has 3 fully saturated rings. The zero-order valence-electron chi connectivity index (χ0n) is 38.0. The van der Waals surface area contributed by atoms with Crippen molar-refractivity contribution < 1.29 is 0 Å². The molecule has 0 amide bonds. The van der Waals surface area contributed by atoms with Crippen molar-refractivity contribution in [1.29, 1.82) is 0 Å². The number of halogens is 1. The minimum atomic E-state index is 0.181. The quantitative estimate of drug-likeness (QED) is 0.126. The fourth-order valence-corrected chi connectivity index (χ4v) is 9.86. The standard InChI is InChI=1S/C47H60ClN11.C2H7N/c1-10-11-13-36-22-37-23-38(24-49-46(37)59(29(2)3)34(36)8)52-45-41(48)25-50-47(53-45)56-20-18-35(19-21-56)28-58-31(5)26-57(27-32(58)6)42-15-12-14-40-43(54-55(9)44(40)42)39-17-16-30(4)51-33(39)7;1-3-2/h10,12,14-15,22-25,29,31-32,35,39,51H,1,4,7-8,11,13,16-21,26-28H2,2-3,5-6,9H3,(H,50,52,53);3H,1-2H3/t31-,32?,39?;/m0./s1. The van der Waals surface area contributed by atoms with Crippen molar-refractivity contribution >= 4 is 57.5 Å². The first-order valence-corrected chi connectivity index (χ1v) is 22.7. The second-order valence-corrected chi connectivity index (χ2v) is 18.2. The van der Waals surface area contributed by atoms with Gasteiger partial charge in [-0.3, -0.25) is 9.58 Å². The van der Waals surface area contributed by atoms with Crippen molar-refractivity contribution in [2.45, 2.75) is 90.3 Å². The number of fused-ring (bicyclic) bond motifs is 2.